The number of para-hydroxylation sites is 2. The van der Waals surface area contributed by atoms with Crippen LogP contribution in [0.2, 0.25) is 0 Å². The number of nitrogens with zero attached hydrogens (tertiary/aromatic N) is 6. The highest BCUT2D eigenvalue weighted by Gasteiger charge is 2.33. The lowest BCUT2D eigenvalue weighted by Crippen LogP contribution is -2.45. The zero-order chi connectivity index (χ0) is 23.1. The molecule has 1 aromatic heterocycles. The van der Waals surface area contributed by atoms with Gasteiger partial charge in [0, 0.05) is 23.5 Å². The molecule has 0 saturated heterocycles. The molecule has 0 aliphatic rings. The lowest BCUT2D eigenvalue weighted by Gasteiger charge is -2.33. The van der Waals surface area contributed by atoms with Crippen LogP contribution < -0.4 is 4.90 Å². The summed E-state index contributed by atoms with van der Waals surface area (Å²) in [6, 6.07) is 18.3. The third-order valence-corrected chi connectivity index (χ3v) is 5.56. The fraction of sp³-hybridized carbons (Fsp3) is 0.333. The third kappa shape index (κ3) is 4.80. The van der Waals surface area contributed by atoms with Crippen molar-refractivity contribution in [3.63, 3.8) is 0 Å². The van der Waals surface area contributed by atoms with E-state index in [2.05, 4.69) is 20.6 Å². The molecule has 0 spiro atoms. The fourth-order valence-electron chi connectivity index (χ4n) is 3.51. The average molecular weight is 433 g/mol. The predicted molar refractivity (Wildman–Crippen MR) is 123 cm³/mol. The summed E-state index contributed by atoms with van der Waals surface area (Å²) in [5, 5.41) is 15.1. The zero-order valence-corrected chi connectivity index (χ0v) is 18.8. The van der Waals surface area contributed by atoms with Gasteiger partial charge in [-0.15, -0.1) is 10.2 Å². The fourth-order valence-corrected chi connectivity index (χ4v) is 3.51. The number of aromatic nitrogens is 4. The van der Waals surface area contributed by atoms with Crippen molar-refractivity contribution in [2.45, 2.75) is 52.6 Å². The molecular weight excluding hydrogens is 404 g/mol. The Balaban J connectivity index is 2.09. The standard InChI is InChI=1S/C24H28N6O2/c1-5-17(3)29(18(4)6-2)23(31)21-22(26-28-27-25-21)24(32)30(19-13-9-7-10-14-19)20-15-11-8-12-16-20/h7-18H,5-6H2,1-4H3. The number of hydrogen-bond donors (Lipinski definition) is 0. The van der Waals surface area contributed by atoms with Crippen molar-refractivity contribution in [2.24, 2.45) is 0 Å². The molecule has 0 saturated carbocycles. The number of anilines is 2. The normalized spacial score (nSPS) is 12.6. The van der Waals surface area contributed by atoms with E-state index >= 15 is 0 Å². The van der Waals surface area contributed by atoms with Gasteiger partial charge in [-0.05, 0) is 61.4 Å². The first-order chi connectivity index (χ1) is 15.5. The van der Waals surface area contributed by atoms with E-state index in [0.29, 0.717) is 11.4 Å². The summed E-state index contributed by atoms with van der Waals surface area (Å²) in [7, 11) is 0. The Labute approximate surface area is 188 Å². The molecule has 0 fully saturated rings. The molecule has 8 heteroatoms. The van der Waals surface area contributed by atoms with Crippen molar-refractivity contribution in [3.05, 3.63) is 72.1 Å². The van der Waals surface area contributed by atoms with Crippen LogP contribution in [0.4, 0.5) is 11.4 Å². The Morgan fingerprint density at radius 2 is 1.12 bits per heavy atom. The van der Waals surface area contributed by atoms with Gasteiger partial charge in [-0.2, -0.15) is 0 Å². The van der Waals surface area contributed by atoms with Crippen molar-refractivity contribution in [1.29, 1.82) is 0 Å². The van der Waals surface area contributed by atoms with Gasteiger partial charge in [0.05, 0.1) is 0 Å². The van der Waals surface area contributed by atoms with Crippen LogP contribution in [0.1, 0.15) is 61.5 Å². The number of rotatable bonds is 8. The Morgan fingerprint density at radius 1 is 0.719 bits per heavy atom. The van der Waals surface area contributed by atoms with E-state index < -0.39 is 5.91 Å². The van der Waals surface area contributed by atoms with Gasteiger partial charge in [-0.25, -0.2) is 0 Å². The van der Waals surface area contributed by atoms with E-state index in [0.717, 1.165) is 12.8 Å². The van der Waals surface area contributed by atoms with Crippen molar-refractivity contribution in [1.82, 2.24) is 25.5 Å². The van der Waals surface area contributed by atoms with E-state index in [4.69, 9.17) is 0 Å². The molecule has 2 atom stereocenters. The van der Waals surface area contributed by atoms with Gasteiger partial charge in [0.15, 0.2) is 11.4 Å². The molecule has 0 aliphatic heterocycles. The molecule has 2 aromatic carbocycles. The van der Waals surface area contributed by atoms with Gasteiger partial charge in [0.25, 0.3) is 11.8 Å². The molecule has 2 amide bonds. The first kappa shape index (κ1) is 23.0. The highest BCUT2D eigenvalue weighted by molar-refractivity contribution is 6.14. The minimum Gasteiger partial charge on any atom is -0.332 e. The minimum absolute atomic E-state index is 0.0327. The number of benzene rings is 2. The summed E-state index contributed by atoms with van der Waals surface area (Å²) >= 11 is 0. The minimum atomic E-state index is -0.499. The first-order valence-electron chi connectivity index (χ1n) is 10.8. The summed E-state index contributed by atoms with van der Waals surface area (Å²) in [6.07, 6.45) is 1.54. The van der Waals surface area contributed by atoms with Crippen LogP contribution in [0.5, 0.6) is 0 Å². The van der Waals surface area contributed by atoms with Crippen molar-refractivity contribution >= 4 is 23.2 Å². The van der Waals surface area contributed by atoms with Gasteiger partial charge in [0.1, 0.15) is 0 Å². The first-order valence-corrected chi connectivity index (χ1v) is 10.8. The van der Waals surface area contributed by atoms with E-state index in [-0.39, 0.29) is 29.4 Å². The van der Waals surface area contributed by atoms with Gasteiger partial charge < -0.3 is 4.90 Å². The van der Waals surface area contributed by atoms with Gasteiger partial charge in [-0.1, -0.05) is 50.2 Å². The smallest absolute Gasteiger partial charge is 0.285 e. The van der Waals surface area contributed by atoms with Gasteiger partial charge >= 0.3 is 0 Å². The van der Waals surface area contributed by atoms with Crippen LogP contribution in [-0.2, 0) is 0 Å². The van der Waals surface area contributed by atoms with Crippen LogP contribution in [0, 0.1) is 0 Å². The van der Waals surface area contributed by atoms with E-state index in [1.807, 2.05) is 88.4 Å². The molecular formula is C24H28N6O2. The molecule has 8 nitrogen and oxygen atoms in total. The topological polar surface area (TPSA) is 92.2 Å². The molecule has 2 unspecified atom stereocenters. The van der Waals surface area contributed by atoms with Crippen LogP contribution in [0.3, 0.4) is 0 Å². The summed E-state index contributed by atoms with van der Waals surface area (Å²) in [6.45, 7) is 7.99. The predicted octanol–water partition coefficient (Wildman–Crippen LogP) is 4.28. The second-order valence-electron chi connectivity index (χ2n) is 7.61. The molecule has 3 aromatic rings. The molecule has 0 bridgehead atoms. The summed E-state index contributed by atoms with van der Waals surface area (Å²) in [5.74, 6) is -0.873. The van der Waals surface area contributed by atoms with Crippen molar-refractivity contribution in [3.8, 4) is 0 Å². The zero-order valence-electron chi connectivity index (χ0n) is 18.8. The number of carbonyl (C=O) groups excluding carboxylic acids is 2. The molecule has 0 N–H and O–H groups in total. The maximum Gasteiger partial charge on any atom is 0.285 e. The van der Waals surface area contributed by atoms with Crippen LogP contribution in [0.15, 0.2) is 60.7 Å². The number of amides is 2. The quantitative estimate of drug-likeness (QED) is 0.527. The molecule has 1 heterocycles. The van der Waals surface area contributed by atoms with E-state index in [1.165, 1.54) is 4.90 Å². The summed E-state index contributed by atoms with van der Waals surface area (Å²) < 4.78 is 0. The van der Waals surface area contributed by atoms with Crippen LogP contribution in [0.25, 0.3) is 0 Å². The number of hydrogen-bond acceptors (Lipinski definition) is 6. The second-order valence-corrected chi connectivity index (χ2v) is 7.61. The second kappa shape index (κ2) is 10.6. The third-order valence-electron chi connectivity index (χ3n) is 5.56. The Kier molecular flexibility index (Phi) is 7.59. The van der Waals surface area contributed by atoms with Crippen LogP contribution >= 0.6 is 0 Å². The van der Waals surface area contributed by atoms with Gasteiger partial charge in [-0.3, -0.25) is 14.5 Å². The van der Waals surface area contributed by atoms with E-state index in [9.17, 15) is 9.59 Å². The lowest BCUT2D eigenvalue weighted by atomic mass is 10.1. The Hall–Kier alpha value is -3.68. The summed E-state index contributed by atoms with van der Waals surface area (Å²) in [4.78, 5) is 30.6. The van der Waals surface area contributed by atoms with Crippen molar-refractivity contribution < 1.29 is 9.59 Å². The van der Waals surface area contributed by atoms with E-state index in [1.54, 1.807) is 4.90 Å². The van der Waals surface area contributed by atoms with Crippen LogP contribution in [-0.4, -0.2) is 49.4 Å². The SMILES string of the molecule is CCC(C)N(C(=O)c1nnnnc1C(=O)N(c1ccccc1)c1ccccc1)C(C)CC. The average Bonchev–Trinajstić information content (AvgIpc) is 2.85. The monoisotopic (exact) mass is 432 g/mol. The molecule has 3 rings (SSSR count). The van der Waals surface area contributed by atoms with Crippen molar-refractivity contribution in [2.75, 3.05) is 4.90 Å². The highest BCUT2D eigenvalue weighted by atomic mass is 16.2. The molecule has 166 valence electrons. The lowest BCUT2D eigenvalue weighted by molar-refractivity contribution is 0.0585. The molecule has 0 aliphatic carbocycles. The highest BCUT2D eigenvalue weighted by Crippen LogP contribution is 2.27. The summed E-state index contributed by atoms with van der Waals surface area (Å²) in [5.41, 5.74) is 1.06. The Bertz CT molecular complexity index is 995. The van der Waals surface area contributed by atoms with Gasteiger partial charge in [0.2, 0.25) is 0 Å². The molecule has 0 radical (unpaired) electrons. The maximum atomic E-state index is 13.8. The molecule has 32 heavy (non-hydrogen) atoms. The number of carbonyl (C=O) groups is 2. The maximum absolute atomic E-state index is 13.8. The largest absolute Gasteiger partial charge is 0.332 e. The Morgan fingerprint density at radius 3 is 1.53 bits per heavy atom.